The molecule has 2 heterocycles. The van der Waals surface area contributed by atoms with Gasteiger partial charge in [-0.3, -0.25) is 4.79 Å². The van der Waals surface area contributed by atoms with Gasteiger partial charge in [0.05, 0.1) is 22.1 Å². The Hall–Kier alpha value is -5.93. The molecule has 1 aromatic heterocycles. The van der Waals surface area contributed by atoms with Gasteiger partial charge in [-0.1, -0.05) is 105 Å². The number of rotatable bonds is 4. The minimum absolute atomic E-state index is 0.00141. The lowest BCUT2D eigenvalue weighted by atomic mass is 9.72. The standard InChI is InChI=1S/C46H35NO2/c1-46(2)39-27-33(30-11-5-3-6-12-30)20-25-41(39)47(42-26-21-34(28-40(42)46)31-13-7-4-8-14-31)36-22-17-32(18-23-36)35-19-24-38-44(29-35)49-43-16-10-9-15-37(43)45(38)48/h3,5-7,9-29H,4,8H2,1-2H3. The van der Waals surface area contributed by atoms with Crippen LogP contribution in [-0.2, 0) is 5.41 Å². The molecule has 0 saturated heterocycles. The molecule has 1 aliphatic carbocycles. The Bertz CT molecular complexity index is 2530. The van der Waals surface area contributed by atoms with Crippen molar-refractivity contribution in [2.75, 3.05) is 4.90 Å². The average Bonchev–Trinajstić information content (AvgIpc) is 3.16. The van der Waals surface area contributed by atoms with Crippen LogP contribution in [0.2, 0.25) is 0 Å². The summed E-state index contributed by atoms with van der Waals surface area (Å²) in [5.74, 6) is 0. The molecule has 0 atom stereocenters. The van der Waals surface area contributed by atoms with E-state index in [0.29, 0.717) is 21.9 Å². The summed E-state index contributed by atoms with van der Waals surface area (Å²) >= 11 is 0. The molecule has 236 valence electrons. The quantitative estimate of drug-likeness (QED) is 0.181. The molecule has 7 aromatic rings. The molecule has 49 heavy (non-hydrogen) atoms. The third-order valence-corrected chi connectivity index (χ3v) is 10.3. The van der Waals surface area contributed by atoms with Crippen LogP contribution in [0, 0.1) is 0 Å². The normalized spacial score (nSPS) is 14.8. The zero-order chi connectivity index (χ0) is 33.1. The van der Waals surface area contributed by atoms with Crippen molar-refractivity contribution in [3.63, 3.8) is 0 Å². The van der Waals surface area contributed by atoms with Crippen molar-refractivity contribution in [2.45, 2.75) is 32.1 Å². The molecule has 0 amide bonds. The Labute approximate surface area is 286 Å². The molecule has 3 heteroatoms. The molecule has 0 saturated carbocycles. The second kappa shape index (κ2) is 11.4. The lowest BCUT2D eigenvalue weighted by molar-refractivity contribution is 0.632. The summed E-state index contributed by atoms with van der Waals surface area (Å²) in [6.45, 7) is 4.71. The van der Waals surface area contributed by atoms with Crippen LogP contribution < -0.4 is 10.3 Å². The van der Waals surface area contributed by atoms with Crippen LogP contribution in [0.3, 0.4) is 0 Å². The summed E-state index contributed by atoms with van der Waals surface area (Å²) in [5, 5.41) is 1.20. The molecule has 0 spiro atoms. The summed E-state index contributed by atoms with van der Waals surface area (Å²) in [4.78, 5) is 15.6. The van der Waals surface area contributed by atoms with Crippen molar-refractivity contribution in [3.05, 3.63) is 179 Å². The fourth-order valence-electron chi connectivity index (χ4n) is 7.62. The molecule has 2 aliphatic rings. The number of hydrogen-bond donors (Lipinski definition) is 0. The van der Waals surface area contributed by atoms with Crippen LogP contribution in [0.25, 0.3) is 49.8 Å². The summed E-state index contributed by atoms with van der Waals surface area (Å²) in [5.41, 5.74) is 14.1. The Morgan fingerprint density at radius 2 is 1.18 bits per heavy atom. The van der Waals surface area contributed by atoms with Crippen molar-refractivity contribution >= 4 is 44.6 Å². The number of nitrogens with zero attached hydrogens (tertiary/aromatic N) is 1. The van der Waals surface area contributed by atoms with E-state index in [-0.39, 0.29) is 10.8 Å². The van der Waals surface area contributed by atoms with Gasteiger partial charge in [0, 0.05) is 11.1 Å². The Morgan fingerprint density at radius 1 is 0.571 bits per heavy atom. The average molecular weight is 634 g/mol. The predicted octanol–water partition coefficient (Wildman–Crippen LogP) is 12.1. The van der Waals surface area contributed by atoms with Crippen LogP contribution in [-0.4, -0.2) is 0 Å². The van der Waals surface area contributed by atoms with Gasteiger partial charge in [0.25, 0.3) is 0 Å². The summed E-state index contributed by atoms with van der Waals surface area (Å²) in [6.07, 6.45) is 9.08. The zero-order valence-electron chi connectivity index (χ0n) is 27.6. The van der Waals surface area contributed by atoms with Gasteiger partial charge < -0.3 is 9.32 Å². The highest BCUT2D eigenvalue weighted by Gasteiger charge is 2.37. The monoisotopic (exact) mass is 633 g/mol. The van der Waals surface area contributed by atoms with Gasteiger partial charge in [0.15, 0.2) is 0 Å². The third-order valence-electron chi connectivity index (χ3n) is 10.3. The molecule has 9 rings (SSSR count). The minimum atomic E-state index is -0.222. The topological polar surface area (TPSA) is 33.5 Å². The first-order valence-corrected chi connectivity index (χ1v) is 17.0. The number of para-hydroxylation sites is 1. The van der Waals surface area contributed by atoms with Crippen molar-refractivity contribution in [1.82, 2.24) is 0 Å². The van der Waals surface area contributed by atoms with Crippen LogP contribution in [0.15, 0.2) is 161 Å². The van der Waals surface area contributed by atoms with E-state index in [2.05, 4.69) is 128 Å². The van der Waals surface area contributed by atoms with Crippen molar-refractivity contribution < 1.29 is 4.42 Å². The molecule has 0 radical (unpaired) electrons. The maximum Gasteiger partial charge on any atom is 0.200 e. The predicted molar refractivity (Wildman–Crippen MR) is 204 cm³/mol. The van der Waals surface area contributed by atoms with E-state index in [1.807, 2.05) is 42.5 Å². The molecule has 0 bridgehead atoms. The van der Waals surface area contributed by atoms with Gasteiger partial charge >= 0.3 is 0 Å². The van der Waals surface area contributed by atoms with Crippen LogP contribution in [0.5, 0.6) is 0 Å². The summed E-state index contributed by atoms with van der Waals surface area (Å²) in [7, 11) is 0. The number of benzene rings is 6. The van der Waals surface area contributed by atoms with E-state index >= 15 is 0 Å². The minimum Gasteiger partial charge on any atom is -0.456 e. The van der Waals surface area contributed by atoms with E-state index < -0.39 is 0 Å². The smallest absolute Gasteiger partial charge is 0.200 e. The maximum absolute atomic E-state index is 13.1. The molecule has 0 N–H and O–H groups in total. The number of allylic oxidation sites excluding steroid dienone is 4. The Kier molecular flexibility index (Phi) is 6.77. The molecule has 0 fully saturated rings. The molecule has 0 unspecified atom stereocenters. The zero-order valence-corrected chi connectivity index (χ0v) is 27.6. The molecular weight excluding hydrogens is 599 g/mol. The first kappa shape index (κ1) is 29.2. The van der Waals surface area contributed by atoms with Gasteiger partial charge in [-0.25, -0.2) is 0 Å². The van der Waals surface area contributed by atoms with Gasteiger partial charge in [-0.05, 0) is 118 Å². The second-order valence-corrected chi connectivity index (χ2v) is 13.6. The number of fused-ring (bicyclic) bond motifs is 4. The molecular formula is C46H35NO2. The number of anilines is 3. The van der Waals surface area contributed by atoms with Gasteiger partial charge in [-0.2, -0.15) is 0 Å². The van der Waals surface area contributed by atoms with E-state index in [1.54, 1.807) is 0 Å². The van der Waals surface area contributed by atoms with Crippen LogP contribution >= 0.6 is 0 Å². The van der Waals surface area contributed by atoms with Gasteiger partial charge in [0.2, 0.25) is 5.43 Å². The van der Waals surface area contributed by atoms with Crippen molar-refractivity contribution in [2.24, 2.45) is 0 Å². The second-order valence-electron chi connectivity index (χ2n) is 13.6. The first-order valence-electron chi connectivity index (χ1n) is 17.0. The first-order chi connectivity index (χ1) is 24.0. The SMILES string of the molecule is CC1(C)c2cc(C3=CCCC=C3)ccc2N(c2ccc(-c3ccc4c(=O)c5ccccc5oc4c3)cc2)c2ccc(-c3ccccc3)cc21. The van der Waals surface area contributed by atoms with Crippen molar-refractivity contribution in [3.8, 4) is 22.3 Å². The van der Waals surface area contributed by atoms with Crippen LogP contribution in [0.4, 0.5) is 17.1 Å². The molecule has 6 aromatic carbocycles. The molecule has 3 nitrogen and oxygen atoms in total. The Morgan fingerprint density at radius 3 is 1.94 bits per heavy atom. The van der Waals surface area contributed by atoms with Gasteiger partial charge in [0.1, 0.15) is 11.2 Å². The van der Waals surface area contributed by atoms with Crippen molar-refractivity contribution in [1.29, 1.82) is 0 Å². The lowest BCUT2D eigenvalue weighted by Crippen LogP contribution is -2.30. The maximum atomic E-state index is 13.1. The number of hydrogen-bond acceptors (Lipinski definition) is 3. The Balaban J connectivity index is 1.17. The fourth-order valence-corrected chi connectivity index (χ4v) is 7.62. The van der Waals surface area contributed by atoms with E-state index in [9.17, 15) is 4.79 Å². The third kappa shape index (κ3) is 4.85. The highest BCUT2D eigenvalue weighted by molar-refractivity contribution is 5.93. The molecule has 1 aliphatic heterocycles. The summed E-state index contributed by atoms with van der Waals surface area (Å²) in [6, 6.07) is 46.6. The van der Waals surface area contributed by atoms with E-state index in [4.69, 9.17) is 4.42 Å². The highest BCUT2D eigenvalue weighted by atomic mass is 16.3. The highest BCUT2D eigenvalue weighted by Crippen LogP contribution is 2.53. The van der Waals surface area contributed by atoms with Gasteiger partial charge in [-0.15, -0.1) is 0 Å². The van der Waals surface area contributed by atoms with E-state index in [1.165, 1.54) is 44.8 Å². The lowest BCUT2D eigenvalue weighted by Gasteiger charge is -2.42. The van der Waals surface area contributed by atoms with Crippen LogP contribution in [0.1, 0.15) is 43.4 Å². The van der Waals surface area contributed by atoms with E-state index in [0.717, 1.165) is 29.7 Å². The summed E-state index contributed by atoms with van der Waals surface area (Å²) < 4.78 is 6.18. The fraction of sp³-hybridized carbons (Fsp3) is 0.109. The largest absolute Gasteiger partial charge is 0.456 e.